The number of carbonyl (C=O) groups excluding carboxylic acids is 1. The number of methoxy groups -OCH3 is 1. The van der Waals surface area contributed by atoms with Crippen LogP contribution in [0.4, 0.5) is 0 Å². The van der Waals surface area contributed by atoms with Crippen LogP contribution in [0.15, 0.2) is 42.5 Å². The largest absolute Gasteiger partial charge is 0.394 e. The third kappa shape index (κ3) is 4.64. The van der Waals surface area contributed by atoms with Gasteiger partial charge >= 0.3 is 0 Å². The second-order valence-electron chi connectivity index (χ2n) is 7.76. The maximum Gasteiger partial charge on any atom is 0.251 e. The van der Waals surface area contributed by atoms with Gasteiger partial charge in [-0.2, -0.15) is 0 Å². The van der Waals surface area contributed by atoms with Gasteiger partial charge < -0.3 is 35.8 Å². The van der Waals surface area contributed by atoms with Crippen LogP contribution in [0.25, 0.3) is 11.1 Å². The maximum absolute atomic E-state index is 11.9. The number of rotatable bonds is 7. The van der Waals surface area contributed by atoms with Crippen molar-refractivity contribution in [3.8, 4) is 11.1 Å². The number of carbonyl (C=O) groups is 1. The zero-order chi connectivity index (χ0) is 22.7. The lowest BCUT2D eigenvalue weighted by Gasteiger charge is -2.30. The Morgan fingerprint density at radius 1 is 1.19 bits per heavy atom. The monoisotopic (exact) mass is 430 g/mol. The molecule has 6 N–H and O–H groups in total. The topological polar surface area (TPSA) is 134 Å². The van der Waals surface area contributed by atoms with E-state index in [1.54, 1.807) is 13.1 Å². The molecule has 0 saturated carbocycles. The number of benzene rings is 2. The van der Waals surface area contributed by atoms with Crippen LogP contribution in [-0.4, -0.2) is 72.5 Å². The van der Waals surface area contributed by atoms with E-state index >= 15 is 0 Å². The molecule has 0 radical (unpaired) electrons. The van der Waals surface area contributed by atoms with Crippen molar-refractivity contribution in [1.82, 2.24) is 5.32 Å². The van der Waals surface area contributed by atoms with Crippen LogP contribution < -0.4 is 11.1 Å². The lowest BCUT2D eigenvalue weighted by atomic mass is 9.90. The molecule has 3 unspecified atom stereocenters. The molecular formula is C23H30N2O6. The van der Waals surface area contributed by atoms with Crippen molar-refractivity contribution < 1.29 is 29.6 Å². The van der Waals surface area contributed by atoms with Crippen molar-refractivity contribution in [2.24, 2.45) is 5.73 Å². The summed E-state index contributed by atoms with van der Waals surface area (Å²) in [7, 11) is 3.06. The third-order valence-electron chi connectivity index (χ3n) is 5.84. The number of aliphatic hydroxyl groups excluding tert-OH is 3. The predicted molar refractivity (Wildman–Crippen MR) is 115 cm³/mol. The van der Waals surface area contributed by atoms with Crippen LogP contribution in [-0.2, 0) is 9.47 Å². The quantitative estimate of drug-likeness (QED) is 0.432. The summed E-state index contributed by atoms with van der Waals surface area (Å²) in [4.78, 5) is 11.9. The van der Waals surface area contributed by atoms with E-state index in [9.17, 15) is 20.1 Å². The number of amides is 1. The van der Waals surface area contributed by atoms with Crippen LogP contribution >= 0.6 is 0 Å². The first-order valence-corrected chi connectivity index (χ1v) is 10.2. The first kappa shape index (κ1) is 23.3. The molecule has 1 heterocycles. The summed E-state index contributed by atoms with van der Waals surface area (Å²) in [6, 6.07) is 12.5. The van der Waals surface area contributed by atoms with Gasteiger partial charge in [0, 0.05) is 19.7 Å². The highest BCUT2D eigenvalue weighted by Gasteiger charge is 2.48. The lowest BCUT2D eigenvalue weighted by molar-refractivity contribution is -0.0961. The fourth-order valence-corrected chi connectivity index (χ4v) is 4.08. The molecule has 1 fully saturated rings. The van der Waals surface area contributed by atoms with Crippen LogP contribution in [0.3, 0.4) is 0 Å². The second-order valence-corrected chi connectivity index (χ2v) is 7.76. The van der Waals surface area contributed by atoms with Crippen molar-refractivity contribution in [1.29, 1.82) is 0 Å². The van der Waals surface area contributed by atoms with Crippen molar-refractivity contribution >= 4 is 5.91 Å². The number of ether oxygens (including phenoxy) is 2. The minimum absolute atomic E-state index is 0.154. The zero-order valence-electron chi connectivity index (χ0n) is 17.9. The number of nitrogens with one attached hydrogen (secondary N) is 1. The Kier molecular flexibility index (Phi) is 7.42. The van der Waals surface area contributed by atoms with E-state index in [0.29, 0.717) is 5.56 Å². The van der Waals surface area contributed by atoms with E-state index in [-0.39, 0.29) is 5.91 Å². The number of aliphatic hydroxyl groups is 3. The molecule has 1 amide bonds. The lowest BCUT2D eigenvalue weighted by Crippen LogP contribution is -2.45. The van der Waals surface area contributed by atoms with E-state index in [2.05, 4.69) is 5.32 Å². The van der Waals surface area contributed by atoms with Crippen LogP contribution in [0.2, 0.25) is 0 Å². The average Bonchev–Trinajstić information content (AvgIpc) is 3.07. The second kappa shape index (κ2) is 9.86. The van der Waals surface area contributed by atoms with Gasteiger partial charge in [0.05, 0.1) is 12.6 Å². The summed E-state index contributed by atoms with van der Waals surface area (Å²) in [6.07, 6.45) is -4.94. The molecule has 3 rings (SSSR count). The molecule has 2 aromatic carbocycles. The molecule has 6 atom stereocenters. The Hall–Kier alpha value is -2.33. The molecule has 1 aliphatic heterocycles. The van der Waals surface area contributed by atoms with E-state index in [1.165, 1.54) is 7.11 Å². The van der Waals surface area contributed by atoms with Crippen molar-refractivity contribution in [3.63, 3.8) is 0 Å². The minimum atomic E-state index is -1.22. The smallest absolute Gasteiger partial charge is 0.251 e. The van der Waals surface area contributed by atoms with Gasteiger partial charge in [-0.05, 0) is 41.3 Å². The molecule has 8 heteroatoms. The minimum Gasteiger partial charge on any atom is -0.394 e. The van der Waals surface area contributed by atoms with E-state index in [4.69, 9.17) is 15.2 Å². The Labute approximate surface area is 181 Å². The molecule has 168 valence electrons. The molecule has 0 aromatic heterocycles. The number of nitrogens with two attached hydrogens (primary N) is 1. The highest BCUT2D eigenvalue weighted by molar-refractivity contribution is 5.95. The molecule has 31 heavy (non-hydrogen) atoms. The van der Waals surface area contributed by atoms with Crippen LogP contribution in [0.5, 0.6) is 0 Å². The van der Waals surface area contributed by atoms with Gasteiger partial charge in [-0.1, -0.05) is 30.3 Å². The zero-order valence-corrected chi connectivity index (χ0v) is 17.9. The summed E-state index contributed by atoms with van der Waals surface area (Å²) in [5.74, 6) is -0.154. The van der Waals surface area contributed by atoms with Crippen molar-refractivity contribution in [3.05, 3.63) is 59.2 Å². The first-order chi connectivity index (χ1) is 14.8. The Morgan fingerprint density at radius 2 is 1.90 bits per heavy atom. The predicted octanol–water partition coefficient (Wildman–Crippen LogP) is 0.518. The molecule has 0 aliphatic carbocycles. The third-order valence-corrected chi connectivity index (χ3v) is 5.84. The molecule has 1 aliphatic rings. The summed E-state index contributed by atoms with van der Waals surface area (Å²) in [6.45, 7) is 1.51. The molecule has 1 saturated heterocycles. The number of hydrogen-bond acceptors (Lipinski definition) is 7. The van der Waals surface area contributed by atoms with E-state index < -0.39 is 43.2 Å². The SMILES string of the molecule is CNC(=O)c1cccc(-c2ccc([C@@H](N)[C@@H](OC)C3OC(CO)[C@@H](O)C3O)c(C)c2)c1. The normalized spacial score (nSPS) is 25.3. The molecular weight excluding hydrogens is 400 g/mol. The van der Waals surface area contributed by atoms with Gasteiger partial charge in [-0.15, -0.1) is 0 Å². The van der Waals surface area contributed by atoms with Crippen LogP contribution in [0.1, 0.15) is 27.5 Å². The maximum atomic E-state index is 11.9. The van der Waals surface area contributed by atoms with Crippen LogP contribution in [0, 0.1) is 6.92 Å². The molecule has 0 bridgehead atoms. The summed E-state index contributed by atoms with van der Waals surface area (Å²) in [5.41, 5.74) is 10.6. The van der Waals surface area contributed by atoms with Gasteiger partial charge in [0.1, 0.15) is 30.5 Å². The van der Waals surface area contributed by atoms with E-state index in [0.717, 1.165) is 22.3 Å². The highest BCUT2D eigenvalue weighted by atomic mass is 16.6. The molecule has 8 nitrogen and oxygen atoms in total. The summed E-state index contributed by atoms with van der Waals surface area (Å²) >= 11 is 0. The van der Waals surface area contributed by atoms with Crippen molar-refractivity contribution in [2.75, 3.05) is 20.8 Å². The first-order valence-electron chi connectivity index (χ1n) is 10.2. The number of aryl methyl sites for hydroxylation is 1. The molecule has 0 spiro atoms. The standard InChI is InChI=1S/C23H30N2O6/c1-12-9-14(13-5-4-6-15(10-13)23(29)25-2)7-8-16(12)18(24)21(30-3)22-20(28)19(27)17(11-26)31-22/h4-10,17-22,26-28H,11,24H2,1-3H3,(H,25,29)/t17?,18-,19-,20?,21-,22?/m1/s1. The van der Waals surface area contributed by atoms with Gasteiger partial charge in [0.15, 0.2) is 0 Å². The summed E-state index contributed by atoms with van der Waals surface area (Å²) in [5, 5.41) is 32.4. The highest BCUT2D eigenvalue weighted by Crippen LogP contribution is 2.32. The van der Waals surface area contributed by atoms with Gasteiger partial charge in [0.2, 0.25) is 0 Å². The Balaban J connectivity index is 1.86. The van der Waals surface area contributed by atoms with Gasteiger partial charge in [-0.3, -0.25) is 4.79 Å². The fourth-order valence-electron chi connectivity index (χ4n) is 4.08. The molecule has 2 aromatic rings. The Bertz CT molecular complexity index is 921. The Morgan fingerprint density at radius 3 is 2.48 bits per heavy atom. The number of hydrogen-bond donors (Lipinski definition) is 5. The van der Waals surface area contributed by atoms with E-state index in [1.807, 2.05) is 43.3 Å². The average molecular weight is 431 g/mol. The summed E-state index contributed by atoms with van der Waals surface area (Å²) < 4.78 is 11.2. The van der Waals surface area contributed by atoms with Gasteiger partial charge in [0.25, 0.3) is 5.91 Å². The van der Waals surface area contributed by atoms with Gasteiger partial charge in [-0.25, -0.2) is 0 Å². The fraction of sp³-hybridized carbons (Fsp3) is 0.435. The van der Waals surface area contributed by atoms with Crippen molar-refractivity contribution in [2.45, 2.75) is 43.5 Å².